The molecule has 1 aromatic carbocycles. The van der Waals surface area contributed by atoms with Crippen LogP contribution in [0, 0.1) is 10.1 Å². The molecule has 1 N–H and O–H groups in total. The number of aliphatic carboxylic acids is 1. The standard InChI is InChI=1S/C15H13ClN4O6/c16-7-8-17-14(23)18-11(9-1-3-10(4-2-9)20(25)26)5-6-12(13(21)22)19(18)15(17)24/h1-6,11-12H,7-8H2,(H,21,22)/t11-,12+/m1/s1. The van der Waals surface area contributed by atoms with Gasteiger partial charge in [-0.25, -0.2) is 28.3 Å². The van der Waals surface area contributed by atoms with E-state index in [1.54, 1.807) is 0 Å². The number of hydrogen-bond donors (Lipinski definition) is 1. The lowest BCUT2D eigenvalue weighted by Gasteiger charge is -2.24. The van der Waals surface area contributed by atoms with E-state index in [1.807, 2.05) is 0 Å². The molecule has 2 atom stereocenters. The van der Waals surface area contributed by atoms with Crippen LogP contribution in [0.1, 0.15) is 17.6 Å². The fourth-order valence-electron chi connectivity index (χ4n) is 2.90. The Morgan fingerprint density at radius 1 is 1.15 bits per heavy atom. The molecule has 1 aromatic heterocycles. The Balaban J connectivity index is 2.19. The molecule has 0 aliphatic carbocycles. The predicted molar refractivity (Wildman–Crippen MR) is 90.7 cm³/mol. The number of carboxylic acid groups (broad SMARTS) is 1. The van der Waals surface area contributed by atoms with Gasteiger partial charge in [0.05, 0.1) is 11.0 Å². The number of aromatic nitrogens is 3. The van der Waals surface area contributed by atoms with Crippen LogP contribution < -0.4 is 11.4 Å². The van der Waals surface area contributed by atoms with Gasteiger partial charge in [0.15, 0.2) is 6.04 Å². The quantitative estimate of drug-likeness (QED) is 0.352. The molecule has 136 valence electrons. The third-order valence-electron chi connectivity index (χ3n) is 4.10. The lowest BCUT2D eigenvalue weighted by molar-refractivity contribution is -0.384. The first-order chi connectivity index (χ1) is 12.4. The summed E-state index contributed by atoms with van der Waals surface area (Å²) in [6, 6.07) is 3.35. The van der Waals surface area contributed by atoms with Crippen molar-refractivity contribution in [1.29, 1.82) is 0 Å². The first-order valence-corrected chi connectivity index (χ1v) is 8.05. The maximum Gasteiger partial charge on any atom is 0.348 e. The van der Waals surface area contributed by atoms with Gasteiger partial charge < -0.3 is 5.11 Å². The second kappa shape index (κ2) is 6.64. The number of benzene rings is 1. The fourth-order valence-corrected chi connectivity index (χ4v) is 3.07. The molecule has 0 radical (unpaired) electrons. The summed E-state index contributed by atoms with van der Waals surface area (Å²) in [7, 11) is 0. The Morgan fingerprint density at radius 2 is 1.77 bits per heavy atom. The third-order valence-corrected chi connectivity index (χ3v) is 4.26. The van der Waals surface area contributed by atoms with E-state index in [0.29, 0.717) is 5.56 Å². The number of allylic oxidation sites excluding steroid dienone is 1. The number of carboxylic acids is 1. The third kappa shape index (κ3) is 2.73. The molecule has 0 spiro atoms. The van der Waals surface area contributed by atoms with Crippen LogP contribution in [0.25, 0.3) is 0 Å². The zero-order chi connectivity index (χ0) is 19.0. The Morgan fingerprint density at radius 3 is 2.31 bits per heavy atom. The van der Waals surface area contributed by atoms with Gasteiger partial charge in [0.25, 0.3) is 5.69 Å². The Hall–Kier alpha value is -3.14. The van der Waals surface area contributed by atoms with Gasteiger partial charge in [-0.1, -0.05) is 12.2 Å². The SMILES string of the molecule is O=C(O)[C@@H]1C=C[C@H](c2ccc([N+](=O)[O-])cc2)n2c(=O)n(CCCl)c(=O)n21. The highest BCUT2D eigenvalue weighted by Gasteiger charge is 2.33. The minimum atomic E-state index is -1.33. The average molecular weight is 381 g/mol. The van der Waals surface area contributed by atoms with Crippen molar-refractivity contribution >= 4 is 23.3 Å². The number of fused-ring (bicyclic) bond motifs is 1. The van der Waals surface area contributed by atoms with E-state index < -0.39 is 34.4 Å². The summed E-state index contributed by atoms with van der Waals surface area (Å²) in [4.78, 5) is 46.9. The van der Waals surface area contributed by atoms with Gasteiger partial charge in [0.1, 0.15) is 0 Å². The number of halogens is 1. The van der Waals surface area contributed by atoms with Crippen LogP contribution in [0.4, 0.5) is 5.69 Å². The van der Waals surface area contributed by atoms with Gasteiger partial charge >= 0.3 is 17.3 Å². The average Bonchev–Trinajstić information content (AvgIpc) is 2.87. The molecule has 0 saturated heterocycles. The van der Waals surface area contributed by atoms with Crippen molar-refractivity contribution in [3.05, 3.63) is 73.1 Å². The first-order valence-electron chi connectivity index (χ1n) is 7.52. The van der Waals surface area contributed by atoms with Crippen molar-refractivity contribution < 1.29 is 14.8 Å². The van der Waals surface area contributed by atoms with Crippen LogP contribution in [-0.4, -0.2) is 35.8 Å². The Labute approximate surface area is 150 Å². The second-order valence-electron chi connectivity index (χ2n) is 5.56. The monoisotopic (exact) mass is 380 g/mol. The predicted octanol–water partition coefficient (Wildman–Crippen LogP) is 0.743. The van der Waals surface area contributed by atoms with Crippen molar-refractivity contribution in [3.63, 3.8) is 0 Å². The van der Waals surface area contributed by atoms with Crippen molar-refractivity contribution in [2.75, 3.05) is 5.88 Å². The van der Waals surface area contributed by atoms with E-state index in [0.717, 1.165) is 13.9 Å². The van der Waals surface area contributed by atoms with Crippen molar-refractivity contribution in [2.45, 2.75) is 18.6 Å². The van der Waals surface area contributed by atoms with Crippen molar-refractivity contribution in [3.8, 4) is 0 Å². The summed E-state index contributed by atoms with van der Waals surface area (Å²) < 4.78 is 2.77. The number of nitrogens with zero attached hydrogens (tertiary/aromatic N) is 4. The summed E-state index contributed by atoms with van der Waals surface area (Å²) in [6.07, 6.45) is 2.78. The molecule has 0 saturated carbocycles. The molecule has 3 rings (SSSR count). The molecular formula is C15H13ClN4O6. The zero-order valence-corrected chi connectivity index (χ0v) is 13.9. The van der Waals surface area contributed by atoms with Crippen LogP contribution in [0.5, 0.6) is 0 Å². The minimum Gasteiger partial charge on any atom is -0.479 e. The van der Waals surface area contributed by atoms with Crippen LogP contribution >= 0.6 is 11.6 Å². The van der Waals surface area contributed by atoms with Gasteiger partial charge in [-0.05, 0) is 17.7 Å². The molecule has 26 heavy (non-hydrogen) atoms. The van der Waals surface area contributed by atoms with E-state index in [-0.39, 0.29) is 18.1 Å². The van der Waals surface area contributed by atoms with Crippen LogP contribution in [0.2, 0.25) is 0 Å². The minimum absolute atomic E-state index is 0.00647. The van der Waals surface area contributed by atoms with E-state index in [4.69, 9.17) is 11.6 Å². The van der Waals surface area contributed by atoms with Crippen LogP contribution in [0.15, 0.2) is 46.0 Å². The maximum absolute atomic E-state index is 12.7. The van der Waals surface area contributed by atoms with Crippen molar-refractivity contribution in [2.24, 2.45) is 0 Å². The summed E-state index contributed by atoms with van der Waals surface area (Å²) in [6.45, 7) is -0.0639. The van der Waals surface area contributed by atoms with Crippen LogP contribution in [-0.2, 0) is 11.3 Å². The number of rotatable bonds is 5. The molecule has 2 heterocycles. The molecule has 0 amide bonds. The number of alkyl halides is 1. The Kier molecular flexibility index (Phi) is 4.51. The smallest absolute Gasteiger partial charge is 0.348 e. The first kappa shape index (κ1) is 17.7. The van der Waals surface area contributed by atoms with E-state index in [1.165, 1.54) is 36.4 Å². The highest BCUT2D eigenvalue weighted by Crippen LogP contribution is 2.26. The molecule has 0 bridgehead atoms. The van der Waals surface area contributed by atoms with E-state index >= 15 is 0 Å². The largest absolute Gasteiger partial charge is 0.479 e. The summed E-state index contributed by atoms with van der Waals surface area (Å²) in [5.41, 5.74) is -1.11. The molecule has 1 aliphatic heterocycles. The van der Waals surface area contributed by atoms with Gasteiger partial charge in [-0.2, -0.15) is 0 Å². The lowest BCUT2D eigenvalue weighted by atomic mass is 10.0. The van der Waals surface area contributed by atoms with Gasteiger partial charge in [-0.3, -0.25) is 10.1 Å². The highest BCUT2D eigenvalue weighted by atomic mass is 35.5. The van der Waals surface area contributed by atoms with E-state index in [9.17, 15) is 29.6 Å². The summed E-state index contributed by atoms with van der Waals surface area (Å²) >= 11 is 5.63. The second-order valence-corrected chi connectivity index (χ2v) is 5.93. The fraction of sp³-hybridized carbons (Fsp3) is 0.267. The number of nitro benzene ring substituents is 1. The summed E-state index contributed by atoms with van der Waals surface area (Å²) in [5.74, 6) is -1.28. The lowest BCUT2D eigenvalue weighted by Crippen LogP contribution is -2.38. The van der Waals surface area contributed by atoms with Crippen molar-refractivity contribution in [1.82, 2.24) is 13.9 Å². The molecule has 1 aliphatic rings. The maximum atomic E-state index is 12.7. The Bertz CT molecular complexity index is 1020. The highest BCUT2D eigenvalue weighted by molar-refractivity contribution is 6.17. The van der Waals surface area contributed by atoms with Gasteiger partial charge in [0.2, 0.25) is 0 Å². The molecule has 0 fully saturated rings. The summed E-state index contributed by atoms with van der Waals surface area (Å²) in [5, 5.41) is 20.1. The zero-order valence-electron chi connectivity index (χ0n) is 13.2. The molecule has 10 nitrogen and oxygen atoms in total. The number of carbonyl (C=O) groups is 1. The molecule has 2 aromatic rings. The normalized spacial score (nSPS) is 18.5. The number of non-ortho nitro benzene ring substituents is 1. The molecular weight excluding hydrogens is 368 g/mol. The van der Waals surface area contributed by atoms with E-state index in [2.05, 4.69) is 0 Å². The van der Waals surface area contributed by atoms with Gasteiger partial charge in [-0.15, -0.1) is 11.6 Å². The molecule has 0 unspecified atom stereocenters. The topological polar surface area (TPSA) is 129 Å². The molecule has 11 heteroatoms. The number of nitro groups is 1. The van der Waals surface area contributed by atoms with Crippen LogP contribution in [0.3, 0.4) is 0 Å². The van der Waals surface area contributed by atoms with Gasteiger partial charge in [0, 0.05) is 24.6 Å². The number of hydrogen-bond acceptors (Lipinski definition) is 5.